The average molecular weight is 344 g/mol. The van der Waals surface area contributed by atoms with Crippen molar-refractivity contribution in [1.29, 1.82) is 0 Å². The van der Waals surface area contributed by atoms with Gasteiger partial charge in [-0.05, 0) is 0 Å². The van der Waals surface area contributed by atoms with Crippen LogP contribution in [0.2, 0.25) is 0 Å². The van der Waals surface area contributed by atoms with Crippen LogP contribution in [-0.2, 0) is 9.59 Å². The summed E-state index contributed by atoms with van der Waals surface area (Å²) in [6, 6.07) is -1.16. The van der Waals surface area contributed by atoms with E-state index in [2.05, 4.69) is 5.73 Å². The molecule has 0 radical (unpaired) electrons. The van der Waals surface area contributed by atoms with E-state index in [1.807, 2.05) is 0 Å². The number of carboxylic acids is 1. The van der Waals surface area contributed by atoms with Crippen molar-refractivity contribution in [3.8, 4) is 0 Å². The number of aliphatic carboxylic acids is 1. The summed E-state index contributed by atoms with van der Waals surface area (Å²) in [5, 5.41) is 8.10. The first-order chi connectivity index (χ1) is 4.04. The number of carbonyl (C=O) groups is 2. The topological polar surface area (TPSA) is 106 Å². The van der Waals surface area contributed by atoms with Gasteiger partial charge in [0.25, 0.3) is 0 Å². The number of rotatable bonds is 3. The predicted octanol–water partition coefficient (Wildman–Crippen LogP) is -2.91. The Hall–Kier alpha value is -0.217. The summed E-state index contributed by atoms with van der Waals surface area (Å²) < 4.78 is 0. The number of nitrogens with two attached hydrogens (primary N) is 2. The molecule has 0 aliphatic rings. The van der Waals surface area contributed by atoms with E-state index in [0.29, 0.717) is 0 Å². The van der Waals surface area contributed by atoms with Crippen LogP contribution < -0.4 is 11.5 Å². The van der Waals surface area contributed by atoms with Gasteiger partial charge in [0, 0.05) is 0 Å². The molecule has 1 amide bonds. The van der Waals surface area contributed by atoms with Crippen LogP contribution in [0.25, 0.3) is 0 Å². The van der Waals surface area contributed by atoms with Crippen LogP contribution in [0.3, 0.4) is 0 Å². The van der Waals surface area contributed by atoms with Gasteiger partial charge in [0.05, 0.1) is 6.42 Å². The molecule has 5 N–H and O–H groups in total. The predicted molar refractivity (Wildman–Crippen MR) is 39.4 cm³/mol. The number of amides is 1. The fourth-order valence-electron chi connectivity index (χ4n) is 0.304. The van der Waals surface area contributed by atoms with E-state index in [1.54, 1.807) is 0 Å². The molecule has 0 aromatic rings. The van der Waals surface area contributed by atoms with Crippen molar-refractivity contribution in [3.05, 3.63) is 0 Å². The SMILES string of the molecule is NC(=O)C[C@H](N)C(=O)O.[BiH3]. The molecule has 0 saturated heterocycles. The molecule has 0 saturated carbocycles. The molecule has 6 heteroatoms. The first-order valence-corrected chi connectivity index (χ1v) is 2.30. The molecule has 0 aliphatic carbocycles. The molecule has 0 bridgehead atoms. The molecule has 0 fully saturated rings. The van der Waals surface area contributed by atoms with Crippen LogP contribution >= 0.6 is 0 Å². The summed E-state index contributed by atoms with van der Waals surface area (Å²) in [7, 11) is 0. The zero-order chi connectivity index (χ0) is 7.44. The number of hydrogen-bond acceptors (Lipinski definition) is 3. The van der Waals surface area contributed by atoms with E-state index in [9.17, 15) is 9.59 Å². The van der Waals surface area contributed by atoms with Gasteiger partial charge < -0.3 is 16.6 Å². The van der Waals surface area contributed by atoms with E-state index in [4.69, 9.17) is 10.8 Å². The second kappa shape index (κ2) is 5.56. The Balaban J connectivity index is 0. The maximum absolute atomic E-state index is 9.99. The minimum absolute atomic E-state index is 0. The van der Waals surface area contributed by atoms with Gasteiger partial charge in [-0.25, -0.2) is 0 Å². The van der Waals surface area contributed by atoms with E-state index in [-0.39, 0.29) is 32.6 Å². The van der Waals surface area contributed by atoms with Gasteiger partial charge in [0.2, 0.25) is 5.91 Å². The van der Waals surface area contributed by atoms with E-state index in [0.717, 1.165) is 0 Å². The normalized spacial score (nSPS) is 11.3. The maximum atomic E-state index is 9.99. The molecular weight excluding hydrogens is 333 g/mol. The van der Waals surface area contributed by atoms with Gasteiger partial charge in [-0.1, -0.05) is 0 Å². The van der Waals surface area contributed by atoms with Gasteiger partial charge in [0.15, 0.2) is 0 Å². The molecular formula is C4H11BiN2O3. The quantitative estimate of drug-likeness (QED) is 0.477. The van der Waals surface area contributed by atoms with Crippen molar-refractivity contribution < 1.29 is 14.7 Å². The molecule has 5 nitrogen and oxygen atoms in total. The molecule has 0 unspecified atom stereocenters. The third-order valence-electron chi connectivity index (χ3n) is 0.738. The van der Waals surface area contributed by atoms with Crippen LogP contribution in [-0.4, -0.2) is 49.2 Å². The summed E-state index contributed by atoms with van der Waals surface area (Å²) in [5.41, 5.74) is 9.57. The molecule has 0 heterocycles. The van der Waals surface area contributed by atoms with Gasteiger partial charge in [0.1, 0.15) is 6.04 Å². The van der Waals surface area contributed by atoms with Crippen LogP contribution in [0, 0.1) is 0 Å². The minimum atomic E-state index is -1.21. The van der Waals surface area contributed by atoms with E-state index in [1.165, 1.54) is 0 Å². The molecule has 0 spiro atoms. The van der Waals surface area contributed by atoms with Crippen molar-refractivity contribution in [2.45, 2.75) is 12.5 Å². The molecule has 60 valence electrons. The van der Waals surface area contributed by atoms with Gasteiger partial charge in [-0.2, -0.15) is 0 Å². The Bertz CT molecular complexity index is 138. The second-order valence-corrected chi connectivity index (χ2v) is 1.62. The standard InChI is InChI=1S/C4H8N2O3.Bi.3H/c5-2(4(8)9)1-3(6)7;;;;/h2H,1,5H2,(H2,6,7)(H,8,9);;;;/t2-;;;;/m0..../s1. The van der Waals surface area contributed by atoms with Crippen molar-refractivity contribution in [2.75, 3.05) is 0 Å². The summed E-state index contributed by atoms with van der Waals surface area (Å²) >= 11 is 0. The number of hydrogen-bond donors (Lipinski definition) is 3. The first kappa shape index (κ1) is 12.5. The summed E-state index contributed by atoms with van der Waals surface area (Å²) in [6.45, 7) is 0. The van der Waals surface area contributed by atoms with Crippen LogP contribution in [0.15, 0.2) is 0 Å². The Morgan fingerprint density at radius 3 is 2.00 bits per heavy atom. The fraction of sp³-hybridized carbons (Fsp3) is 0.500. The number of carbonyl (C=O) groups excluding carboxylic acids is 1. The second-order valence-electron chi connectivity index (χ2n) is 1.62. The molecule has 0 aromatic heterocycles. The third-order valence-corrected chi connectivity index (χ3v) is 0.738. The zero-order valence-electron chi connectivity index (χ0n) is 5.41. The van der Waals surface area contributed by atoms with Gasteiger partial charge >= 0.3 is 32.2 Å². The monoisotopic (exact) mass is 344 g/mol. The number of carboxylic acid groups (broad SMARTS) is 1. The van der Waals surface area contributed by atoms with E-state index >= 15 is 0 Å². The first-order valence-electron chi connectivity index (χ1n) is 2.30. The third kappa shape index (κ3) is 5.91. The summed E-state index contributed by atoms with van der Waals surface area (Å²) in [5.74, 6) is -1.92. The molecule has 0 aliphatic heterocycles. The Morgan fingerprint density at radius 1 is 1.50 bits per heavy atom. The van der Waals surface area contributed by atoms with Gasteiger partial charge in [-0.3, -0.25) is 9.59 Å². The molecule has 1 atom stereocenters. The summed E-state index contributed by atoms with van der Waals surface area (Å²) in [4.78, 5) is 19.9. The molecule has 0 aromatic carbocycles. The zero-order valence-corrected chi connectivity index (χ0v) is 10.9. The van der Waals surface area contributed by atoms with Gasteiger partial charge in [-0.15, -0.1) is 0 Å². The summed E-state index contributed by atoms with van der Waals surface area (Å²) in [6.07, 6.45) is -0.310. The van der Waals surface area contributed by atoms with Crippen molar-refractivity contribution in [3.63, 3.8) is 0 Å². The fourth-order valence-corrected chi connectivity index (χ4v) is 0.304. The Morgan fingerprint density at radius 2 is 1.90 bits per heavy atom. The molecule has 0 rings (SSSR count). The van der Waals surface area contributed by atoms with Crippen molar-refractivity contribution in [2.24, 2.45) is 11.5 Å². The Kier molecular flexibility index (Phi) is 6.93. The van der Waals surface area contributed by atoms with Crippen LogP contribution in [0.5, 0.6) is 0 Å². The Labute approximate surface area is 76.9 Å². The number of primary amides is 1. The van der Waals surface area contributed by atoms with Crippen molar-refractivity contribution >= 4 is 38.1 Å². The van der Waals surface area contributed by atoms with Crippen LogP contribution in [0.1, 0.15) is 6.42 Å². The average Bonchev–Trinajstić information content (AvgIpc) is 1.63. The van der Waals surface area contributed by atoms with Crippen LogP contribution in [0.4, 0.5) is 0 Å². The molecule has 10 heavy (non-hydrogen) atoms. The van der Waals surface area contributed by atoms with E-state index < -0.39 is 17.9 Å². The van der Waals surface area contributed by atoms with Crippen molar-refractivity contribution in [1.82, 2.24) is 0 Å².